The van der Waals surface area contributed by atoms with Crippen molar-refractivity contribution in [3.8, 4) is 34.1 Å². The molecule has 0 saturated carbocycles. The molecule has 1 N–H and O–H groups in total. The van der Waals surface area contributed by atoms with Gasteiger partial charge < -0.3 is 14.5 Å². The van der Waals surface area contributed by atoms with E-state index in [1.165, 1.54) is 6.07 Å². The molecule has 0 saturated heterocycles. The summed E-state index contributed by atoms with van der Waals surface area (Å²) >= 11 is 0. The van der Waals surface area contributed by atoms with E-state index in [1.54, 1.807) is 25.4 Å². The van der Waals surface area contributed by atoms with Crippen LogP contribution in [0.1, 0.15) is 22.6 Å². The number of hydrogen-bond acceptors (Lipinski definition) is 5. The highest BCUT2D eigenvalue weighted by Gasteiger charge is 2.30. The molecule has 4 rings (SSSR count). The summed E-state index contributed by atoms with van der Waals surface area (Å²) in [6.07, 6.45) is -1.86. The Morgan fingerprint density at radius 3 is 2.42 bits per heavy atom. The number of alkyl halides is 3. The highest BCUT2D eigenvalue weighted by molar-refractivity contribution is 5.73. The molecule has 0 atom stereocenters. The van der Waals surface area contributed by atoms with E-state index in [9.17, 15) is 13.2 Å². The number of nitrogens with zero attached hydrogens (tertiary/aromatic N) is 3. The highest BCUT2D eigenvalue weighted by Crippen LogP contribution is 2.35. The van der Waals surface area contributed by atoms with Gasteiger partial charge in [0.1, 0.15) is 23.9 Å². The maximum absolute atomic E-state index is 12.7. The smallest absolute Gasteiger partial charge is 0.417 e. The zero-order valence-electron chi connectivity index (χ0n) is 18.2. The summed E-state index contributed by atoms with van der Waals surface area (Å²) in [5.41, 5.74) is 3.75. The van der Waals surface area contributed by atoms with Gasteiger partial charge in [-0.25, -0.2) is 4.98 Å². The maximum atomic E-state index is 12.7. The number of methoxy groups -OCH3 is 1. The number of aromatic amines is 1. The van der Waals surface area contributed by atoms with E-state index in [2.05, 4.69) is 15.0 Å². The van der Waals surface area contributed by atoms with E-state index < -0.39 is 11.7 Å². The van der Waals surface area contributed by atoms with Crippen molar-refractivity contribution in [3.05, 3.63) is 77.5 Å². The molecule has 0 aliphatic carbocycles. The molecule has 0 aliphatic rings. The lowest BCUT2D eigenvalue weighted by Gasteiger charge is -2.12. The molecule has 33 heavy (non-hydrogen) atoms. The van der Waals surface area contributed by atoms with E-state index in [0.29, 0.717) is 23.0 Å². The zero-order chi connectivity index (χ0) is 23.6. The van der Waals surface area contributed by atoms with Crippen LogP contribution in [0.3, 0.4) is 0 Å². The summed E-state index contributed by atoms with van der Waals surface area (Å²) < 4.78 is 49.3. The van der Waals surface area contributed by atoms with Crippen molar-refractivity contribution < 1.29 is 22.6 Å². The fourth-order valence-corrected chi connectivity index (χ4v) is 3.26. The Hall–Kier alpha value is -3.88. The quantitative estimate of drug-likeness (QED) is 0.401. The molecular formula is C24H21F3N4O2. The maximum Gasteiger partial charge on any atom is 0.417 e. The van der Waals surface area contributed by atoms with E-state index >= 15 is 0 Å². The predicted molar refractivity (Wildman–Crippen MR) is 117 cm³/mol. The van der Waals surface area contributed by atoms with Crippen LogP contribution in [-0.2, 0) is 12.8 Å². The molecule has 0 amide bonds. The van der Waals surface area contributed by atoms with Gasteiger partial charge in [-0.05, 0) is 50.2 Å². The first-order valence-electron chi connectivity index (χ1n) is 10.1. The summed E-state index contributed by atoms with van der Waals surface area (Å²) in [6.45, 7) is 3.87. The molecule has 3 heterocycles. The van der Waals surface area contributed by atoms with Crippen LogP contribution >= 0.6 is 0 Å². The topological polar surface area (TPSA) is 72.9 Å². The molecule has 1 aromatic carbocycles. The first kappa shape index (κ1) is 22.3. The van der Waals surface area contributed by atoms with Crippen molar-refractivity contribution in [1.29, 1.82) is 0 Å². The zero-order valence-corrected chi connectivity index (χ0v) is 18.2. The number of ether oxygens (including phenoxy) is 2. The molecule has 0 unspecified atom stereocenters. The van der Waals surface area contributed by atoms with Gasteiger partial charge in [0.25, 0.3) is 0 Å². The Labute approximate surface area is 188 Å². The minimum atomic E-state index is -4.42. The Bertz CT molecular complexity index is 1250. The van der Waals surface area contributed by atoms with Gasteiger partial charge >= 0.3 is 6.18 Å². The van der Waals surface area contributed by atoms with Crippen molar-refractivity contribution in [2.75, 3.05) is 7.11 Å². The van der Waals surface area contributed by atoms with Gasteiger partial charge in [0.05, 0.1) is 24.1 Å². The third-order valence-corrected chi connectivity index (χ3v) is 5.04. The second-order valence-corrected chi connectivity index (χ2v) is 7.43. The molecule has 0 spiro atoms. The van der Waals surface area contributed by atoms with Crippen molar-refractivity contribution in [3.63, 3.8) is 0 Å². The fourth-order valence-electron chi connectivity index (χ4n) is 3.26. The largest absolute Gasteiger partial charge is 0.496 e. The van der Waals surface area contributed by atoms with E-state index in [-0.39, 0.29) is 6.61 Å². The number of nitrogens with one attached hydrogen (secondary N) is 1. The first-order valence-corrected chi connectivity index (χ1v) is 10.1. The third kappa shape index (κ3) is 4.97. The molecule has 170 valence electrons. The molecular weight excluding hydrogens is 433 g/mol. The Balaban J connectivity index is 1.53. The Kier molecular flexibility index (Phi) is 6.04. The van der Waals surface area contributed by atoms with Crippen LogP contribution < -0.4 is 9.47 Å². The average Bonchev–Trinajstić information content (AvgIpc) is 3.19. The number of aromatic nitrogens is 4. The minimum absolute atomic E-state index is 0.0205. The van der Waals surface area contributed by atoms with Gasteiger partial charge in [-0.2, -0.15) is 13.2 Å². The summed E-state index contributed by atoms with van der Waals surface area (Å²) in [4.78, 5) is 16.1. The second kappa shape index (κ2) is 8.93. The van der Waals surface area contributed by atoms with Gasteiger partial charge in [-0.15, -0.1) is 0 Å². The summed E-state index contributed by atoms with van der Waals surface area (Å²) in [5.74, 6) is 1.75. The number of aryl methyl sites for hydroxylation is 2. The van der Waals surface area contributed by atoms with Crippen molar-refractivity contribution in [1.82, 2.24) is 19.9 Å². The number of pyridine rings is 2. The highest BCUT2D eigenvalue weighted by atomic mass is 19.4. The monoisotopic (exact) mass is 454 g/mol. The van der Waals surface area contributed by atoms with Crippen LogP contribution in [0.2, 0.25) is 0 Å². The van der Waals surface area contributed by atoms with Crippen LogP contribution in [0, 0.1) is 13.8 Å². The fraction of sp³-hybridized carbons (Fsp3) is 0.208. The second-order valence-electron chi connectivity index (χ2n) is 7.43. The lowest BCUT2D eigenvalue weighted by atomic mass is 10.1. The Morgan fingerprint density at radius 1 is 0.970 bits per heavy atom. The number of halogens is 3. The SMILES string of the molecule is COc1cc(OCc2ccc(C(F)(F)F)cn2)ccc1-c1nc(-c2ccc(C)nc2)[nH]c1C. The van der Waals surface area contributed by atoms with Crippen LogP contribution in [0.5, 0.6) is 11.5 Å². The third-order valence-electron chi connectivity index (χ3n) is 5.04. The van der Waals surface area contributed by atoms with Crippen molar-refractivity contribution in [2.45, 2.75) is 26.6 Å². The molecule has 6 nitrogen and oxygen atoms in total. The first-order chi connectivity index (χ1) is 15.7. The lowest BCUT2D eigenvalue weighted by Crippen LogP contribution is -2.06. The Morgan fingerprint density at radius 2 is 1.79 bits per heavy atom. The summed E-state index contributed by atoms with van der Waals surface area (Å²) in [7, 11) is 1.55. The van der Waals surface area contributed by atoms with Crippen LogP contribution in [-0.4, -0.2) is 27.0 Å². The number of imidazole rings is 1. The van der Waals surface area contributed by atoms with Crippen LogP contribution in [0.4, 0.5) is 13.2 Å². The molecule has 9 heteroatoms. The van der Waals surface area contributed by atoms with E-state index in [0.717, 1.165) is 40.5 Å². The summed E-state index contributed by atoms with van der Waals surface area (Å²) in [5, 5.41) is 0. The van der Waals surface area contributed by atoms with Crippen LogP contribution in [0.25, 0.3) is 22.6 Å². The van der Waals surface area contributed by atoms with Crippen molar-refractivity contribution in [2.24, 2.45) is 0 Å². The molecule has 3 aromatic heterocycles. The van der Waals surface area contributed by atoms with Crippen LogP contribution in [0.15, 0.2) is 54.9 Å². The predicted octanol–water partition coefficient (Wildman–Crippen LogP) is 5.76. The molecule has 0 bridgehead atoms. The molecule has 0 aliphatic heterocycles. The van der Waals surface area contributed by atoms with Gasteiger partial charge in [0.2, 0.25) is 0 Å². The molecule has 0 fully saturated rings. The standard InChI is InChI=1S/C24H21F3N4O2/c1-14-4-5-16(11-28-14)23-30-15(2)22(31-23)20-9-8-19(10-21(20)32-3)33-13-18-7-6-17(12-29-18)24(25,26)27/h4-12H,13H2,1-3H3,(H,30,31). The number of hydrogen-bond donors (Lipinski definition) is 1. The summed E-state index contributed by atoms with van der Waals surface area (Å²) in [6, 6.07) is 11.4. The molecule has 0 radical (unpaired) electrons. The van der Waals surface area contributed by atoms with Gasteiger partial charge in [0.15, 0.2) is 0 Å². The normalized spacial score (nSPS) is 11.5. The average molecular weight is 454 g/mol. The minimum Gasteiger partial charge on any atom is -0.496 e. The van der Waals surface area contributed by atoms with E-state index in [1.807, 2.05) is 32.0 Å². The lowest BCUT2D eigenvalue weighted by molar-refractivity contribution is -0.137. The van der Waals surface area contributed by atoms with Gasteiger partial charge in [0, 0.05) is 41.0 Å². The number of benzene rings is 1. The van der Waals surface area contributed by atoms with Crippen molar-refractivity contribution >= 4 is 0 Å². The number of H-pyrrole nitrogens is 1. The molecule has 4 aromatic rings. The number of rotatable bonds is 6. The van der Waals surface area contributed by atoms with Gasteiger partial charge in [-0.3, -0.25) is 9.97 Å². The van der Waals surface area contributed by atoms with Gasteiger partial charge in [-0.1, -0.05) is 0 Å². The van der Waals surface area contributed by atoms with E-state index in [4.69, 9.17) is 14.5 Å².